The molecule has 1 aromatic rings. The van der Waals surface area contributed by atoms with Gasteiger partial charge < -0.3 is 4.90 Å². The van der Waals surface area contributed by atoms with Gasteiger partial charge in [0.1, 0.15) is 5.84 Å². The molecule has 58 valence electrons. The Morgan fingerprint density at radius 3 is 3.09 bits per heavy atom. The van der Waals surface area contributed by atoms with Crippen LogP contribution in [-0.4, -0.2) is 18.9 Å². The lowest BCUT2D eigenvalue weighted by Crippen LogP contribution is -2.23. The van der Waals surface area contributed by atoms with Crippen molar-refractivity contribution in [2.75, 3.05) is 18.0 Å². The van der Waals surface area contributed by atoms with Gasteiger partial charge in [-0.2, -0.15) is 0 Å². The maximum atomic E-state index is 4.32. The SMILES string of the molecule is CC1=NCCN1c1cccs1. The van der Waals surface area contributed by atoms with Gasteiger partial charge in [-0.15, -0.1) is 11.3 Å². The average molecular weight is 166 g/mol. The molecule has 1 aliphatic heterocycles. The van der Waals surface area contributed by atoms with Crippen molar-refractivity contribution in [2.24, 2.45) is 4.99 Å². The summed E-state index contributed by atoms with van der Waals surface area (Å²) in [4.78, 5) is 6.58. The molecule has 2 rings (SSSR count). The Morgan fingerprint density at radius 1 is 1.64 bits per heavy atom. The number of amidine groups is 1. The van der Waals surface area contributed by atoms with Gasteiger partial charge in [-0.25, -0.2) is 0 Å². The molecule has 0 saturated carbocycles. The molecule has 0 N–H and O–H groups in total. The Bertz CT molecular complexity index is 264. The summed E-state index contributed by atoms with van der Waals surface area (Å²) in [5.41, 5.74) is 0. The van der Waals surface area contributed by atoms with Crippen molar-refractivity contribution in [2.45, 2.75) is 6.92 Å². The number of hydrogen-bond acceptors (Lipinski definition) is 3. The van der Waals surface area contributed by atoms with E-state index in [1.807, 2.05) is 0 Å². The van der Waals surface area contributed by atoms with E-state index in [9.17, 15) is 0 Å². The normalized spacial score (nSPS) is 17.2. The van der Waals surface area contributed by atoms with Crippen LogP contribution in [0.1, 0.15) is 6.92 Å². The Labute approximate surface area is 70.2 Å². The highest BCUT2D eigenvalue weighted by Crippen LogP contribution is 2.23. The second-order valence-corrected chi connectivity index (χ2v) is 3.46. The van der Waals surface area contributed by atoms with Gasteiger partial charge in [0.15, 0.2) is 0 Å². The van der Waals surface area contributed by atoms with Crippen molar-refractivity contribution >= 4 is 22.2 Å². The average Bonchev–Trinajstić information content (AvgIpc) is 2.55. The van der Waals surface area contributed by atoms with Crippen molar-refractivity contribution in [3.8, 4) is 0 Å². The molecule has 0 unspecified atom stereocenters. The first-order valence-electron chi connectivity index (χ1n) is 3.70. The van der Waals surface area contributed by atoms with Crippen LogP contribution in [0.4, 0.5) is 5.00 Å². The fraction of sp³-hybridized carbons (Fsp3) is 0.375. The van der Waals surface area contributed by atoms with Gasteiger partial charge in [-0.1, -0.05) is 0 Å². The third-order valence-corrected chi connectivity index (χ3v) is 2.72. The second kappa shape index (κ2) is 2.66. The summed E-state index contributed by atoms with van der Waals surface area (Å²) in [6.07, 6.45) is 0. The summed E-state index contributed by atoms with van der Waals surface area (Å²) in [6.45, 7) is 4.06. The molecular formula is C8H10N2S. The van der Waals surface area contributed by atoms with Crippen molar-refractivity contribution in [1.82, 2.24) is 0 Å². The third kappa shape index (κ3) is 1.16. The number of aliphatic imine (C=N–C) groups is 1. The number of nitrogens with zero attached hydrogens (tertiary/aromatic N) is 2. The number of anilines is 1. The lowest BCUT2D eigenvalue weighted by Gasteiger charge is -2.14. The molecule has 0 aromatic carbocycles. The highest BCUT2D eigenvalue weighted by atomic mass is 32.1. The molecule has 3 heteroatoms. The van der Waals surface area contributed by atoms with Gasteiger partial charge in [0.25, 0.3) is 0 Å². The molecule has 0 aliphatic carbocycles. The molecule has 0 atom stereocenters. The maximum Gasteiger partial charge on any atom is 0.101 e. The zero-order chi connectivity index (χ0) is 7.68. The zero-order valence-corrected chi connectivity index (χ0v) is 7.27. The molecule has 1 aromatic heterocycles. The van der Waals surface area contributed by atoms with E-state index in [0.717, 1.165) is 18.9 Å². The van der Waals surface area contributed by atoms with Crippen LogP contribution < -0.4 is 4.90 Å². The lowest BCUT2D eigenvalue weighted by atomic mass is 10.5. The molecule has 2 nitrogen and oxygen atoms in total. The van der Waals surface area contributed by atoms with Crippen molar-refractivity contribution in [3.05, 3.63) is 17.5 Å². The highest BCUT2D eigenvalue weighted by molar-refractivity contribution is 7.14. The summed E-state index contributed by atoms with van der Waals surface area (Å²) in [7, 11) is 0. The Balaban J connectivity index is 2.25. The topological polar surface area (TPSA) is 15.6 Å². The van der Waals surface area contributed by atoms with Crippen LogP contribution in [0, 0.1) is 0 Å². The van der Waals surface area contributed by atoms with Crippen LogP contribution in [0.25, 0.3) is 0 Å². The zero-order valence-electron chi connectivity index (χ0n) is 6.45. The van der Waals surface area contributed by atoms with E-state index < -0.39 is 0 Å². The van der Waals surface area contributed by atoms with Crippen molar-refractivity contribution < 1.29 is 0 Å². The van der Waals surface area contributed by atoms with E-state index in [2.05, 4.69) is 34.3 Å². The molecule has 0 radical (unpaired) electrons. The third-order valence-electron chi connectivity index (χ3n) is 1.83. The predicted octanol–water partition coefficient (Wildman–Crippen LogP) is 1.99. The lowest BCUT2D eigenvalue weighted by molar-refractivity contribution is 1.03. The minimum Gasteiger partial charge on any atom is -0.320 e. The van der Waals surface area contributed by atoms with Crippen LogP contribution in [0.15, 0.2) is 22.5 Å². The molecular weight excluding hydrogens is 156 g/mol. The van der Waals surface area contributed by atoms with Crippen LogP contribution >= 0.6 is 11.3 Å². The van der Waals surface area contributed by atoms with Gasteiger partial charge in [0, 0.05) is 6.54 Å². The second-order valence-electron chi connectivity index (χ2n) is 2.53. The summed E-state index contributed by atoms with van der Waals surface area (Å²) < 4.78 is 0. The molecule has 2 heterocycles. The molecule has 0 spiro atoms. The van der Waals surface area contributed by atoms with Crippen LogP contribution in [0.5, 0.6) is 0 Å². The van der Waals surface area contributed by atoms with E-state index in [1.54, 1.807) is 11.3 Å². The number of rotatable bonds is 1. The summed E-state index contributed by atoms with van der Waals surface area (Å²) >= 11 is 1.77. The van der Waals surface area contributed by atoms with Crippen molar-refractivity contribution in [1.29, 1.82) is 0 Å². The first-order chi connectivity index (χ1) is 5.38. The van der Waals surface area contributed by atoms with Crippen LogP contribution in [-0.2, 0) is 0 Å². The highest BCUT2D eigenvalue weighted by Gasteiger charge is 2.14. The van der Waals surface area contributed by atoms with Gasteiger partial charge in [0.2, 0.25) is 0 Å². The molecule has 0 fully saturated rings. The minimum atomic E-state index is 0.948. The van der Waals surface area contributed by atoms with Crippen LogP contribution in [0.2, 0.25) is 0 Å². The fourth-order valence-corrected chi connectivity index (χ4v) is 2.06. The van der Waals surface area contributed by atoms with Crippen molar-refractivity contribution in [3.63, 3.8) is 0 Å². The first kappa shape index (κ1) is 6.85. The molecule has 0 bridgehead atoms. The first-order valence-corrected chi connectivity index (χ1v) is 4.58. The van der Waals surface area contributed by atoms with E-state index in [4.69, 9.17) is 0 Å². The number of hydrogen-bond donors (Lipinski definition) is 0. The number of thiophene rings is 1. The van der Waals surface area contributed by atoms with E-state index in [-0.39, 0.29) is 0 Å². The minimum absolute atomic E-state index is 0.948. The van der Waals surface area contributed by atoms with Gasteiger partial charge >= 0.3 is 0 Å². The molecule has 0 amide bonds. The molecule has 0 saturated heterocycles. The Hall–Kier alpha value is -0.830. The van der Waals surface area contributed by atoms with E-state index >= 15 is 0 Å². The summed E-state index contributed by atoms with van der Waals surface area (Å²) in [5.74, 6) is 1.15. The summed E-state index contributed by atoms with van der Waals surface area (Å²) in [6, 6.07) is 4.21. The van der Waals surface area contributed by atoms with Crippen LogP contribution in [0.3, 0.4) is 0 Å². The monoisotopic (exact) mass is 166 g/mol. The largest absolute Gasteiger partial charge is 0.320 e. The van der Waals surface area contributed by atoms with Gasteiger partial charge in [-0.3, -0.25) is 4.99 Å². The summed E-state index contributed by atoms with van der Waals surface area (Å²) in [5, 5.41) is 3.41. The molecule has 1 aliphatic rings. The smallest absolute Gasteiger partial charge is 0.101 e. The predicted molar refractivity (Wildman–Crippen MR) is 49.6 cm³/mol. The standard InChI is InChI=1S/C8H10N2S/c1-7-9-4-5-10(7)8-3-2-6-11-8/h2-3,6H,4-5H2,1H3. The van der Waals surface area contributed by atoms with Gasteiger partial charge in [0.05, 0.1) is 11.5 Å². The fourth-order valence-electron chi connectivity index (χ4n) is 1.25. The maximum absolute atomic E-state index is 4.32. The quantitative estimate of drug-likeness (QED) is 0.623. The Morgan fingerprint density at radius 2 is 2.55 bits per heavy atom. The molecule has 11 heavy (non-hydrogen) atoms. The Kier molecular flexibility index (Phi) is 1.66. The van der Waals surface area contributed by atoms with E-state index in [1.165, 1.54) is 5.00 Å². The van der Waals surface area contributed by atoms with Gasteiger partial charge in [-0.05, 0) is 24.4 Å². The van der Waals surface area contributed by atoms with E-state index in [0.29, 0.717) is 0 Å².